The van der Waals surface area contributed by atoms with E-state index in [2.05, 4.69) is 49.4 Å². The number of allylic oxidation sites excluding steroid dienone is 1. The van der Waals surface area contributed by atoms with Crippen molar-refractivity contribution in [2.45, 2.75) is 70.6 Å². The minimum atomic E-state index is 0. The number of carbonyl (C=O) groups excluding carboxylic acids is 1. The predicted octanol–water partition coefficient (Wildman–Crippen LogP) is 6.95. The van der Waals surface area contributed by atoms with Crippen molar-refractivity contribution in [3.8, 4) is 0 Å². The summed E-state index contributed by atoms with van der Waals surface area (Å²) >= 11 is 0. The van der Waals surface area contributed by atoms with E-state index in [1.807, 2.05) is 6.20 Å². The number of Topliss-reactive ketones (excluding diaryl/α,β-unsaturated/α-hetero) is 1. The average molecular weight is 380 g/mol. The molecule has 2 atom stereocenters. The van der Waals surface area contributed by atoms with Gasteiger partial charge in [0.25, 0.3) is 0 Å². The van der Waals surface area contributed by atoms with E-state index >= 15 is 0 Å². The van der Waals surface area contributed by atoms with Gasteiger partial charge in [-0.3, -0.25) is 9.78 Å². The summed E-state index contributed by atoms with van der Waals surface area (Å²) in [6, 6.07) is 10.7. The summed E-state index contributed by atoms with van der Waals surface area (Å²) in [5.41, 5.74) is 6.64. The van der Waals surface area contributed by atoms with Crippen LogP contribution in [0.15, 0.2) is 42.6 Å². The van der Waals surface area contributed by atoms with Crippen LogP contribution in [0.1, 0.15) is 83.1 Å². The van der Waals surface area contributed by atoms with E-state index in [1.54, 1.807) is 0 Å². The number of hydrogen-bond acceptors (Lipinski definition) is 2. The first-order valence-electron chi connectivity index (χ1n) is 10.9. The van der Waals surface area contributed by atoms with E-state index in [0.29, 0.717) is 24.0 Å². The summed E-state index contributed by atoms with van der Waals surface area (Å²) in [6.07, 6.45) is 15.8. The number of fused-ring (bicyclic) bond motifs is 1. The number of aromatic nitrogens is 1. The van der Waals surface area contributed by atoms with Gasteiger partial charge in [0.05, 0.1) is 5.69 Å². The SMILES string of the molecule is Cc1ccc(CCC(=O)C[C@@H]2CCCC(c3nccc4c3C=CCC4)C2)cc1.[HH].[HH].[HH]. The summed E-state index contributed by atoms with van der Waals surface area (Å²) in [5, 5.41) is 0. The third kappa shape index (κ3) is 4.60. The highest BCUT2D eigenvalue weighted by Crippen LogP contribution is 2.39. The van der Waals surface area contributed by atoms with Gasteiger partial charge in [-0.15, -0.1) is 0 Å². The van der Waals surface area contributed by atoms with Crippen molar-refractivity contribution in [3.05, 3.63) is 70.6 Å². The molecule has 1 aromatic carbocycles. The Morgan fingerprint density at radius 3 is 2.89 bits per heavy atom. The van der Waals surface area contributed by atoms with E-state index in [-0.39, 0.29) is 4.28 Å². The Morgan fingerprint density at radius 2 is 2.04 bits per heavy atom. The van der Waals surface area contributed by atoms with Gasteiger partial charge in [-0.2, -0.15) is 0 Å². The van der Waals surface area contributed by atoms with Crippen LogP contribution >= 0.6 is 0 Å². The van der Waals surface area contributed by atoms with Gasteiger partial charge in [0.2, 0.25) is 0 Å². The zero-order valence-corrected chi connectivity index (χ0v) is 17.0. The maximum atomic E-state index is 12.6. The summed E-state index contributed by atoms with van der Waals surface area (Å²) < 4.78 is 0. The Balaban J connectivity index is 0.00000160. The lowest BCUT2D eigenvalue weighted by atomic mass is 9.75. The molecular weight excluding hydrogens is 342 g/mol. The molecule has 0 bridgehead atoms. The van der Waals surface area contributed by atoms with Gasteiger partial charge in [0.15, 0.2) is 0 Å². The van der Waals surface area contributed by atoms with Gasteiger partial charge in [0, 0.05) is 29.2 Å². The number of ketones is 1. The number of hydrogen-bond donors (Lipinski definition) is 0. The van der Waals surface area contributed by atoms with Crippen LogP contribution in [0.4, 0.5) is 0 Å². The second kappa shape index (κ2) is 8.86. The number of carbonyl (C=O) groups is 1. The Kier molecular flexibility index (Phi) is 6.04. The number of pyridine rings is 1. The highest BCUT2D eigenvalue weighted by molar-refractivity contribution is 5.78. The summed E-state index contributed by atoms with van der Waals surface area (Å²) in [4.78, 5) is 17.4. The molecule has 1 saturated carbocycles. The third-order valence-electron chi connectivity index (χ3n) is 6.48. The topological polar surface area (TPSA) is 30.0 Å². The quantitative estimate of drug-likeness (QED) is 0.543. The molecule has 0 radical (unpaired) electrons. The lowest BCUT2D eigenvalue weighted by molar-refractivity contribution is -0.120. The van der Waals surface area contributed by atoms with Gasteiger partial charge >= 0.3 is 0 Å². The zero-order valence-electron chi connectivity index (χ0n) is 17.0. The predicted molar refractivity (Wildman–Crippen MR) is 122 cm³/mol. The van der Waals surface area contributed by atoms with Crippen molar-refractivity contribution < 1.29 is 9.07 Å². The van der Waals surface area contributed by atoms with Crippen LogP contribution in [-0.2, 0) is 17.6 Å². The van der Waals surface area contributed by atoms with Crippen LogP contribution in [0, 0.1) is 12.8 Å². The van der Waals surface area contributed by atoms with E-state index in [0.717, 1.165) is 32.1 Å². The first-order valence-corrected chi connectivity index (χ1v) is 10.9. The van der Waals surface area contributed by atoms with Crippen LogP contribution in [0.5, 0.6) is 0 Å². The second-order valence-electron chi connectivity index (χ2n) is 8.67. The van der Waals surface area contributed by atoms with E-state index in [9.17, 15) is 4.79 Å². The largest absolute Gasteiger partial charge is 0.300 e. The molecule has 0 aliphatic heterocycles. The monoisotopic (exact) mass is 379 g/mol. The lowest BCUT2D eigenvalue weighted by Gasteiger charge is -2.30. The molecular formula is C26H37NO. The Morgan fingerprint density at radius 1 is 1.18 bits per heavy atom. The molecule has 2 aliphatic rings. The van der Waals surface area contributed by atoms with Gasteiger partial charge in [-0.1, -0.05) is 48.4 Å². The minimum Gasteiger partial charge on any atom is -0.300 e. The van der Waals surface area contributed by atoms with Crippen molar-refractivity contribution in [2.75, 3.05) is 0 Å². The van der Waals surface area contributed by atoms with Crippen molar-refractivity contribution in [3.63, 3.8) is 0 Å². The average Bonchev–Trinajstić information content (AvgIpc) is 2.73. The van der Waals surface area contributed by atoms with Gasteiger partial charge in [0.1, 0.15) is 5.78 Å². The Bertz CT molecular complexity index is 863. The van der Waals surface area contributed by atoms with Gasteiger partial charge in [-0.05, 0) is 74.1 Å². The zero-order chi connectivity index (χ0) is 19.3. The molecule has 1 unspecified atom stereocenters. The van der Waals surface area contributed by atoms with E-state index in [4.69, 9.17) is 4.98 Å². The van der Waals surface area contributed by atoms with Gasteiger partial charge < -0.3 is 0 Å². The Labute approximate surface area is 173 Å². The molecule has 0 amide bonds. The molecule has 4 rings (SSSR count). The van der Waals surface area contributed by atoms with Crippen LogP contribution in [0.25, 0.3) is 6.08 Å². The minimum absolute atomic E-state index is 0. The molecule has 28 heavy (non-hydrogen) atoms. The van der Waals surface area contributed by atoms with Crippen LogP contribution in [0.3, 0.4) is 0 Å². The summed E-state index contributed by atoms with van der Waals surface area (Å²) in [7, 11) is 0. The molecule has 2 aliphatic carbocycles. The first kappa shape index (κ1) is 19.1. The molecule has 0 saturated heterocycles. The standard InChI is InChI=1S/C26H31NO.3H2/c1-19-9-11-20(12-10-19)13-14-24(28)18-21-5-4-7-23(17-21)26-25-8-3-2-6-22(25)15-16-27-26;;;/h3,8-12,15-16,21,23H,2,4-7,13-14,17-18H2,1H3;3*1H/t21-,23?;;;/m1.../s1. The molecule has 152 valence electrons. The number of nitrogens with zero attached hydrogens (tertiary/aromatic N) is 1. The highest BCUT2D eigenvalue weighted by atomic mass is 16.1. The lowest BCUT2D eigenvalue weighted by Crippen LogP contribution is -2.19. The first-order chi connectivity index (χ1) is 13.7. The van der Waals surface area contributed by atoms with Crippen molar-refractivity contribution in [1.29, 1.82) is 0 Å². The molecule has 2 heteroatoms. The van der Waals surface area contributed by atoms with Gasteiger partial charge in [-0.25, -0.2) is 0 Å². The van der Waals surface area contributed by atoms with Crippen LogP contribution < -0.4 is 0 Å². The maximum absolute atomic E-state index is 12.6. The van der Waals surface area contributed by atoms with Crippen LogP contribution in [0.2, 0.25) is 0 Å². The fourth-order valence-electron chi connectivity index (χ4n) is 4.89. The molecule has 1 fully saturated rings. The second-order valence-corrected chi connectivity index (χ2v) is 8.67. The van der Waals surface area contributed by atoms with Crippen molar-refractivity contribution in [1.82, 2.24) is 4.98 Å². The molecule has 1 aromatic heterocycles. The molecule has 2 nitrogen and oxygen atoms in total. The fourth-order valence-corrected chi connectivity index (χ4v) is 4.89. The number of rotatable bonds is 6. The van der Waals surface area contributed by atoms with E-state index < -0.39 is 0 Å². The number of aryl methyl sites for hydroxylation is 3. The van der Waals surface area contributed by atoms with Crippen molar-refractivity contribution >= 4 is 11.9 Å². The van der Waals surface area contributed by atoms with Crippen molar-refractivity contribution in [2.24, 2.45) is 5.92 Å². The summed E-state index contributed by atoms with van der Waals surface area (Å²) in [5.74, 6) is 1.46. The summed E-state index contributed by atoms with van der Waals surface area (Å²) in [6.45, 7) is 2.10. The smallest absolute Gasteiger partial charge is 0.133 e. The maximum Gasteiger partial charge on any atom is 0.133 e. The molecule has 0 spiro atoms. The van der Waals surface area contributed by atoms with Crippen LogP contribution in [-0.4, -0.2) is 10.8 Å². The molecule has 0 N–H and O–H groups in total. The highest BCUT2D eigenvalue weighted by Gasteiger charge is 2.27. The fraction of sp³-hybridized carbons (Fsp3) is 0.462. The van der Waals surface area contributed by atoms with E-state index in [1.165, 1.54) is 47.2 Å². The third-order valence-corrected chi connectivity index (χ3v) is 6.48. The molecule has 1 heterocycles. The number of benzene rings is 1. The normalized spacial score (nSPS) is 21.3. The molecule has 2 aromatic rings. The Hall–Kier alpha value is -2.22.